The number of likely N-dealkylation sites (tertiary alicyclic amines) is 1. The molecule has 3 heterocycles. The SMILES string of the molecule is Cc1ccc(CN2CCC(CN(C)Cc3cnn(C(C)C)c3)CC2)o1. The molecule has 1 aliphatic heterocycles. The molecule has 0 atom stereocenters. The second kappa shape index (κ2) is 8.19. The van der Waals surface area contributed by atoms with Gasteiger partial charge < -0.3 is 9.32 Å². The van der Waals surface area contributed by atoms with Crippen molar-refractivity contribution in [3.8, 4) is 0 Å². The van der Waals surface area contributed by atoms with Gasteiger partial charge in [-0.1, -0.05) is 0 Å². The Morgan fingerprint density at radius 1 is 1.28 bits per heavy atom. The van der Waals surface area contributed by atoms with Gasteiger partial charge in [-0.25, -0.2) is 0 Å². The van der Waals surface area contributed by atoms with Crippen LogP contribution in [0.2, 0.25) is 0 Å². The molecule has 1 aliphatic rings. The molecule has 2 aromatic heterocycles. The monoisotopic (exact) mass is 344 g/mol. The number of furan rings is 1. The third kappa shape index (κ3) is 5.19. The number of rotatable bonds is 7. The van der Waals surface area contributed by atoms with Crippen LogP contribution in [0.15, 0.2) is 28.9 Å². The molecular formula is C20H32N4O. The van der Waals surface area contributed by atoms with Crippen molar-refractivity contribution in [3.05, 3.63) is 41.6 Å². The van der Waals surface area contributed by atoms with Crippen molar-refractivity contribution in [1.82, 2.24) is 19.6 Å². The van der Waals surface area contributed by atoms with E-state index in [4.69, 9.17) is 4.42 Å². The summed E-state index contributed by atoms with van der Waals surface area (Å²) in [6, 6.07) is 4.59. The van der Waals surface area contributed by atoms with Crippen LogP contribution >= 0.6 is 0 Å². The van der Waals surface area contributed by atoms with Crippen molar-refractivity contribution in [2.45, 2.75) is 52.7 Å². The van der Waals surface area contributed by atoms with E-state index in [0.29, 0.717) is 6.04 Å². The van der Waals surface area contributed by atoms with Crippen molar-refractivity contribution in [2.24, 2.45) is 5.92 Å². The first-order chi connectivity index (χ1) is 12.0. The van der Waals surface area contributed by atoms with Crippen LogP contribution in [-0.4, -0.2) is 46.3 Å². The number of piperidine rings is 1. The van der Waals surface area contributed by atoms with Crippen LogP contribution in [0.1, 0.15) is 49.8 Å². The van der Waals surface area contributed by atoms with Crippen molar-refractivity contribution in [3.63, 3.8) is 0 Å². The highest BCUT2D eigenvalue weighted by Gasteiger charge is 2.21. The number of nitrogens with zero attached hydrogens (tertiary/aromatic N) is 4. The molecule has 25 heavy (non-hydrogen) atoms. The minimum absolute atomic E-state index is 0.432. The van der Waals surface area contributed by atoms with Crippen molar-refractivity contribution in [2.75, 3.05) is 26.7 Å². The number of aromatic nitrogens is 2. The van der Waals surface area contributed by atoms with E-state index in [2.05, 4.69) is 54.1 Å². The largest absolute Gasteiger partial charge is 0.465 e. The lowest BCUT2D eigenvalue weighted by Gasteiger charge is -2.33. The topological polar surface area (TPSA) is 37.4 Å². The first-order valence-electron chi connectivity index (χ1n) is 9.49. The molecule has 2 aromatic rings. The number of hydrogen-bond donors (Lipinski definition) is 0. The maximum atomic E-state index is 5.70. The van der Waals surface area contributed by atoms with Gasteiger partial charge in [0.05, 0.1) is 12.7 Å². The summed E-state index contributed by atoms with van der Waals surface area (Å²) in [5.74, 6) is 2.89. The van der Waals surface area contributed by atoms with Crippen LogP contribution in [0.4, 0.5) is 0 Å². The zero-order valence-electron chi connectivity index (χ0n) is 16.1. The molecular weight excluding hydrogens is 312 g/mol. The maximum absolute atomic E-state index is 5.70. The van der Waals surface area contributed by atoms with Crippen molar-refractivity contribution in [1.29, 1.82) is 0 Å². The highest BCUT2D eigenvalue weighted by molar-refractivity contribution is 5.06. The Kier molecular flexibility index (Phi) is 5.97. The summed E-state index contributed by atoms with van der Waals surface area (Å²) in [7, 11) is 2.23. The van der Waals surface area contributed by atoms with E-state index in [1.165, 1.54) is 38.0 Å². The first-order valence-corrected chi connectivity index (χ1v) is 9.49. The van der Waals surface area contributed by atoms with E-state index in [-0.39, 0.29) is 0 Å². The van der Waals surface area contributed by atoms with Crippen molar-refractivity contribution >= 4 is 0 Å². The average Bonchev–Trinajstić information content (AvgIpc) is 3.18. The van der Waals surface area contributed by atoms with Crippen LogP contribution in [0.25, 0.3) is 0 Å². The third-order valence-electron chi connectivity index (χ3n) is 5.09. The van der Waals surface area contributed by atoms with Crippen LogP contribution in [-0.2, 0) is 13.1 Å². The fraction of sp³-hybridized carbons (Fsp3) is 0.650. The lowest BCUT2D eigenvalue weighted by atomic mass is 9.96. The predicted molar refractivity (Wildman–Crippen MR) is 100 cm³/mol. The van der Waals surface area contributed by atoms with E-state index >= 15 is 0 Å². The molecule has 0 aromatic carbocycles. The fourth-order valence-corrected chi connectivity index (χ4v) is 3.68. The molecule has 1 saturated heterocycles. The zero-order chi connectivity index (χ0) is 17.8. The molecule has 138 valence electrons. The molecule has 0 radical (unpaired) electrons. The van der Waals surface area contributed by atoms with E-state index < -0.39 is 0 Å². The minimum Gasteiger partial charge on any atom is -0.465 e. The van der Waals surface area contributed by atoms with Gasteiger partial charge in [0.25, 0.3) is 0 Å². The Balaban J connectivity index is 1.40. The first kappa shape index (κ1) is 18.2. The second-order valence-corrected chi connectivity index (χ2v) is 7.85. The zero-order valence-corrected chi connectivity index (χ0v) is 16.1. The highest BCUT2D eigenvalue weighted by Crippen LogP contribution is 2.21. The molecule has 5 heteroatoms. The molecule has 0 spiro atoms. The molecule has 1 fully saturated rings. The van der Waals surface area contributed by atoms with Crippen LogP contribution in [0.3, 0.4) is 0 Å². The molecule has 0 unspecified atom stereocenters. The highest BCUT2D eigenvalue weighted by atomic mass is 16.3. The molecule has 0 N–H and O–H groups in total. The number of hydrogen-bond acceptors (Lipinski definition) is 4. The molecule has 0 bridgehead atoms. The summed E-state index contributed by atoms with van der Waals surface area (Å²) in [6.45, 7) is 11.8. The van der Waals surface area contributed by atoms with Crippen LogP contribution < -0.4 is 0 Å². The average molecular weight is 345 g/mol. The standard InChI is InChI=1S/C20H32N4O/c1-16(2)24-14-19(11-21-24)13-22(4)12-18-7-9-23(10-8-18)15-20-6-5-17(3)25-20/h5-6,11,14,16,18H,7-10,12-13,15H2,1-4H3. The predicted octanol–water partition coefficient (Wildman–Crippen LogP) is 3.71. The van der Waals surface area contributed by atoms with E-state index in [1.54, 1.807) is 0 Å². The van der Waals surface area contributed by atoms with Gasteiger partial charge in [-0.3, -0.25) is 9.58 Å². The van der Waals surface area contributed by atoms with Gasteiger partial charge >= 0.3 is 0 Å². The Morgan fingerprint density at radius 2 is 2.04 bits per heavy atom. The summed E-state index contributed by atoms with van der Waals surface area (Å²) >= 11 is 0. The van der Waals surface area contributed by atoms with Gasteiger partial charge in [0.15, 0.2) is 0 Å². The van der Waals surface area contributed by atoms with E-state index in [0.717, 1.165) is 30.5 Å². The molecule has 0 aliphatic carbocycles. The maximum Gasteiger partial charge on any atom is 0.118 e. The van der Waals surface area contributed by atoms with Gasteiger partial charge in [0.2, 0.25) is 0 Å². The minimum atomic E-state index is 0.432. The lowest BCUT2D eigenvalue weighted by molar-refractivity contribution is 0.140. The summed E-state index contributed by atoms with van der Waals surface area (Å²) in [5.41, 5.74) is 1.31. The molecule has 0 amide bonds. The van der Waals surface area contributed by atoms with Crippen LogP contribution in [0, 0.1) is 12.8 Å². The lowest BCUT2D eigenvalue weighted by Crippen LogP contribution is -2.37. The normalized spacial score (nSPS) is 17.0. The van der Waals surface area contributed by atoms with E-state index in [1.807, 2.05) is 17.8 Å². The van der Waals surface area contributed by atoms with Gasteiger partial charge in [-0.15, -0.1) is 0 Å². The Labute approximate surface area is 151 Å². The van der Waals surface area contributed by atoms with Gasteiger partial charge in [0, 0.05) is 30.9 Å². The van der Waals surface area contributed by atoms with Gasteiger partial charge in [-0.05, 0) is 71.8 Å². The molecule has 3 rings (SSSR count). The molecule has 5 nitrogen and oxygen atoms in total. The Hall–Kier alpha value is -1.59. The quantitative estimate of drug-likeness (QED) is 0.767. The van der Waals surface area contributed by atoms with Crippen molar-refractivity contribution < 1.29 is 4.42 Å². The fourth-order valence-electron chi connectivity index (χ4n) is 3.68. The third-order valence-corrected chi connectivity index (χ3v) is 5.09. The smallest absolute Gasteiger partial charge is 0.118 e. The van der Waals surface area contributed by atoms with Gasteiger partial charge in [-0.2, -0.15) is 5.10 Å². The molecule has 0 saturated carbocycles. The van der Waals surface area contributed by atoms with E-state index in [9.17, 15) is 0 Å². The summed E-state index contributed by atoms with van der Waals surface area (Å²) in [5, 5.41) is 4.44. The Bertz CT molecular complexity index is 652. The van der Waals surface area contributed by atoms with Crippen LogP contribution in [0.5, 0.6) is 0 Å². The second-order valence-electron chi connectivity index (χ2n) is 7.85. The Morgan fingerprint density at radius 3 is 2.64 bits per heavy atom. The summed E-state index contributed by atoms with van der Waals surface area (Å²) in [4.78, 5) is 4.96. The summed E-state index contributed by atoms with van der Waals surface area (Å²) < 4.78 is 7.74. The number of aryl methyl sites for hydroxylation is 1. The van der Waals surface area contributed by atoms with Gasteiger partial charge in [0.1, 0.15) is 11.5 Å². The summed E-state index contributed by atoms with van der Waals surface area (Å²) in [6.07, 6.45) is 6.73.